The van der Waals surface area contributed by atoms with Crippen LogP contribution in [0, 0.1) is 0 Å². The van der Waals surface area contributed by atoms with Crippen molar-refractivity contribution in [3.05, 3.63) is 69.6 Å². The van der Waals surface area contributed by atoms with Crippen molar-refractivity contribution in [1.82, 2.24) is 4.57 Å². The maximum Gasteiger partial charge on any atom is 0.258 e. The number of halogens is 1. The molecule has 0 atom stereocenters. The first kappa shape index (κ1) is 20.3. The van der Waals surface area contributed by atoms with Crippen LogP contribution in [0.4, 0.5) is 0 Å². The smallest absolute Gasteiger partial charge is 0.258 e. The van der Waals surface area contributed by atoms with E-state index in [1.165, 1.54) is 0 Å². The summed E-state index contributed by atoms with van der Waals surface area (Å²) in [6.45, 7) is 0.509. The number of ether oxygens (including phenoxy) is 1. The van der Waals surface area contributed by atoms with E-state index in [0.717, 1.165) is 47.3 Å². The number of fused-ring (bicyclic) bond motifs is 1. The number of nitrogens with two attached hydrogens (primary N) is 1. The molecule has 1 saturated carbocycles. The summed E-state index contributed by atoms with van der Waals surface area (Å²) in [6.07, 6.45) is 6.22. The molecule has 1 heterocycles. The monoisotopic (exact) mass is 428 g/mol. The molecule has 0 amide bonds. The van der Waals surface area contributed by atoms with E-state index in [2.05, 4.69) is 6.07 Å². The summed E-state index contributed by atoms with van der Waals surface area (Å²) in [5, 5.41) is 2.78. The Kier molecular flexibility index (Phi) is 6.18. The molecule has 29 heavy (non-hydrogen) atoms. The fourth-order valence-corrected chi connectivity index (χ4v) is 5.34. The van der Waals surface area contributed by atoms with Crippen LogP contribution < -0.4 is 16.0 Å². The number of pyridine rings is 1. The number of benzene rings is 2. The minimum absolute atomic E-state index is 0.0274. The molecule has 0 spiro atoms. The van der Waals surface area contributed by atoms with Gasteiger partial charge in [0, 0.05) is 27.8 Å². The molecule has 1 aliphatic carbocycles. The molecule has 4 rings (SSSR count). The van der Waals surface area contributed by atoms with Gasteiger partial charge in [0.1, 0.15) is 5.75 Å². The molecule has 1 fully saturated rings. The van der Waals surface area contributed by atoms with E-state index in [1.54, 1.807) is 11.7 Å². The molecule has 4 nitrogen and oxygen atoms in total. The van der Waals surface area contributed by atoms with Crippen LogP contribution in [0.3, 0.4) is 0 Å². The SMILES string of the molecule is COc1ccc(Cn2ccc3cc(S[C@H]4CC[C@@H](N)CC4)c(Cl)cc3c2=O)cc1. The predicted molar refractivity (Wildman–Crippen MR) is 121 cm³/mol. The number of aromatic nitrogens is 1. The van der Waals surface area contributed by atoms with E-state index >= 15 is 0 Å². The first-order valence-corrected chi connectivity index (χ1v) is 11.2. The van der Waals surface area contributed by atoms with Crippen molar-refractivity contribution in [3.63, 3.8) is 0 Å². The normalized spacial score (nSPS) is 19.4. The van der Waals surface area contributed by atoms with Crippen LogP contribution >= 0.6 is 23.4 Å². The molecule has 1 aromatic heterocycles. The van der Waals surface area contributed by atoms with Crippen LogP contribution in [0.2, 0.25) is 5.02 Å². The average Bonchev–Trinajstić information content (AvgIpc) is 2.73. The molecule has 6 heteroatoms. The molecular formula is C23H25ClN2O2S. The van der Waals surface area contributed by atoms with Crippen LogP contribution in [0.5, 0.6) is 5.75 Å². The number of hydrogen-bond donors (Lipinski definition) is 1. The highest BCUT2D eigenvalue weighted by Gasteiger charge is 2.20. The molecule has 0 radical (unpaired) electrons. The average molecular weight is 429 g/mol. The van der Waals surface area contributed by atoms with Gasteiger partial charge in [-0.3, -0.25) is 4.79 Å². The van der Waals surface area contributed by atoms with Crippen LogP contribution in [0.25, 0.3) is 10.8 Å². The Labute approximate surface area is 180 Å². The standard InChI is InChI=1S/C23H25ClN2O2S/c1-28-18-6-2-15(3-7-18)14-26-11-10-16-12-22(21(24)13-20(16)23(26)27)29-19-8-4-17(25)5-9-19/h2-3,6-7,10-13,17,19H,4-5,8-9,14,25H2,1H3/t17-,19+. The molecule has 1 aliphatic rings. The van der Waals surface area contributed by atoms with Gasteiger partial charge in [-0.25, -0.2) is 0 Å². The van der Waals surface area contributed by atoms with Gasteiger partial charge in [0.15, 0.2) is 0 Å². The van der Waals surface area contributed by atoms with Gasteiger partial charge in [-0.2, -0.15) is 0 Å². The van der Waals surface area contributed by atoms with E-state index < -0.39 is 0 Å². The number of nitrogens with zero attached hydrogens (tertiary/aromatic N) is 1. The van der Waals surface area contributed by atoms with Crippen molar-refractivity contribution in [3.8, 4) is 5.75 Å². The second-order valence-electron chi connectivity index (χ2n) is 7.62. The Bertz CT molecular complexity index is 1060. The van der Waals surface area contributed by atoms with E-state index in [0.29, 0.717) is 28.2 Å². The first-order chi connectivity index (χ1) is 14.0. The van der Waals surface area contributed by atoms with Crippen LogP contribution in [0.1, 0.15) is 31.2 Å². The van der Waals surface area contributed by atoms with Gasteiger partial charge >= 0.3 is 0 Å². The van der Waals surface area contributed by atoms with Crippen molar-refractivity contribution >= 4 is 34.1 Å². The minimum Gasteiger partial charge on any atom is -0.497 e. The van der Waals surface area contributed by atoms with Gasteiger partial charge in [0.25, 0.3) is 5.56 Å². The number of thioether (sulfide) groups is 1. The Balaban J connectivity index is 1.58. The minimum atomic E-state index is -0.0274. The van der Waals surface area contributed by atoms with E-state index in [1.807, 2.05) is 54.4 Å². The van der Waals surface area contributed by atoms with Crippen molar-refractivity contribution in [2.45, 2.75) is 48.4 Å². The van der Waals surface area contributed by atoms with Gasteiger partial charge in [-0.1, -0.05) is 23.7 Å². The molecule has 3 aromatic rings. The van der Waals surface area contributed by atoms with Crippen molar-refractivity contribution in [2.75, 3.05) is 7.11 Å². The lowest BCUT2D eigenvalue weighted by molar-refractivity contribution is 0.414. The second-order valence-corrected chi connectivity index (χ2v) is 9.37. The molecule has 0 saturated heterocycles. The Morgan fingerprint density at radius 3 is 2.55 bits per heavy atom. The van der Waals surface area contributed by atoms with Gasteiger partial charge in [0.2, 0.25) is 0 Å². The molecule has 2 aromatic carbocycles. The van der Waals surface area contributed by atoms with E-state index in [-0.39, 0.29) is 5.56 Å². The molecule has 0 bridgehead atoms. The van der Waals surface area contributed by atoms with Crippen LogP contribution in [0.15, 0.2) is 58.4 Å². The lowest BCUT2D eigenvalue weighted by Crippen LogP contribution is -2.27. The third-order valence-corrected chi connectivity index (χ3v) is 7.38. The third-order valence-electron chi connectivity index (χ3n) is 5.55. The Morgan fingerprint density at radius 1 is 1.14 bits per heavy atom. The lowest BCUT2D eigenvalue weighted by Gasteiger charge is -2.25. The molecular weight excluding hydrogens is 404 g/mol. The number of rotatable bonds is 5. The largest absolute Gasteiger partial charge is 0.497 e. The zero-order valence-corrected chi connectivity index (χ0v) is 18.0. The molecule has 0 unspecified atom stereocenters. The van der Waals surface area contributed by atoms with Crippen LogP contribution in [-0.2, 0) is 6.54 Å². The first-order valence-electron chi connectivity index (χ1n) is 9.91. The highest BCUT2D eigenvalue weighted by atomic mass is 35.5. The topological polar surface area (TPSA) is 57.2 Å². The molecule has 152 valence electrons. The quantitative estimate of drug-likeness (QED) is 0.616. The van der Waals surface area contributed by atoms with E-state index in [9.17, 15) is 4.79 Å². The van der Waals surface area contributed by atoms with Crippen molar-refractivity contribution < 1.29 is 4.74 Å². The summed E-state index contributed by atoms with van der Waals surface area (Å²) in [6, 6.07) is 14.0. The van der Waals surface area contributed by atoms with Gasteiger partial charge in [0.05, 0.1) is 18.7 Å². The number of hydrogen-bond acceptors (Lipinski definition) is 4. The fourth-order valence-electron chi connectivity index (χ4n) is 3.81. The fraction of sp³-hybridized carbons (Fsp3) is 0.348. The highest BCUT2D eigenvalue weighted by molar-refractivity contribution is 8.00. The third kappa shape index (κ3) is 4.63. The maximum absolute atomic E-state index is 13.0. The summed E-state index contributed by atoms with van der Waals surface area (Å²) in [5.74, 6) is 0.802. The van der Waals surface area contributed by atoms with Gasteiger partial charge in [-0.05, 0) is 67.0 Å². The molecule has 0 aliphatic heterocycles. The Morgan fingerprint density at radius 2 is 1.86 bits per heavy atom. The zero-order valence-electron chi connectivity index (χ0n) is 16.4. The van der Waals surface area contributed by atoms with Gasteiger partial charge < -0.3 is 15.0 Å². The molecule has 2 N–H and O–H groups in total. The maximum atomic E-state index is 13.0. The second kappa shape index (κ2) is 8.82. The number of methoxy groups -OCH3 is 1. The van der Waals surface area contributed by atoms with Crippen molar-refractivity contribution in [2.24, 2.45) is 5.73 Å². The van der Waals surface area contributed by atoms with Crippen LogP contribution in [-0.4, -0.2) is 23.0 Å². The Hall–Kier alpha value is -1.95. The summed E-state index contributed by atoms with van der Waals surface area (Å²) in [5.41, 5.74) is 7.03. The van der Waals surface area contributed by atoms with E-state index in [4.69, 9.17) is 22.1 Å². The summed E-state index contributed by atoms with van der Waals surface area (Å²) in [7, 11) is 1.64. The summed E-state index contributed by atoms with van der Waals surface area (Å²) >= 11 is 8.38. The lowest BCUT2D eigenvalue weighted by atomic mass is 9.96. The predicted octanol–water partition coefficient (Wildman–Crippen LogP) is 5.07. The zero-order chi connectivity index (χ0) is 20.4. The summed E-state index contributed by atoms with van der Waals surface area (Å²) in [4.78, 5) is 14.1. The summed E-state index contributed by atoms with van der Waals surface area (Å²) < 4.78 is 6.91. The van der Waals surface area contributed by atoms with Crippen molar-refractivity contribution in [1.29, 1.82) is 0 Å². The van der Waals surface area contributed by atoms with Gasteiger partial charge in [-0.15, -0.1) is 11.8 Å². The highest BCUT2D eigenvalue weighted by Crippen LogP contribution is 2.38.